The van der Waals surface area contributed by atoms with E-state index in [1.54, 1.807) is 0 Å². The largest absolute Gasteiger partial charge is 0.495 e. The number of carboxylic acid groups (broad SMARTS) is 1. The van der Waals surface area contributed by atoms with Gasteiger partial charge in [-0.1, -0.05) is 19.8 Å². The van der Waals surface area contributed by atoms with Crippen LogP contribution in [0.2, 0.25) is 0 Å². The monoisotopic (exact) mass is 327 g/mol. The Morgan fingerprint density at radius 1 is 1.32 bits per heavy atom. The van der Waals surface area contributed by atoms with Gasteiger partial charge in [-0.25, -0.2) is 17.9 Å². The molecule has 0 radical (unpaired) electrons. The second kappa shape index (κ2) is 6.66. The number of methoxy groups -OCH3 is 1. The summed E-state index contributed by atoms with van der Waals surface area (Å²) >= 11 is 0. The number of hydrogen-bond donors (Lipinski definition) is 2. The van der Waals surface area contributed by atoms with E-state index in [4.69, 9.17) is 9.84 Å². The molecule has 2 N–H and O–H groups in total. The van der Waals surface area contributed by atoms with Crippen LogP contribution < -0.4 is 9.46 Å². The zero-order chi connectivity index (χ0) is 16.3. The zero-order valence-corrected chi connectivity index (χ0v) is 13.5. The van der Waals surface area contributed by atoms with E-state index < -0.39 is 16.0 Å². The first-order valence-electron chi connectivity index (χ1n) is 7.29. The Labute approximate surface area is 130 Å². The van der Waals surface area contributed by atoms with Crippen LogP contribution in [-0.4, -0.2) is 32.6 Å². The number of benzene rings is 1. The van der Waals surface area contributed by atoms with Gasteiger partial charge in [0.05, 0.1) is 12.7 Å². The Kier molecular flexibility index (Phi) is 5.08. The van der Waals surface area contributed by atoms with Crippen LogP contribution in [0.3, 0.4) is 0 Å². The predicted octanol–water partition coefficient (Wildman–Crippen LogP) is 2.25. The van der Waals surface area contributed by atoms with Crippen LogP contribution in [0, 0.1) is 5.92 Å². The summed E-state index contributed by atoms with van der Waals surface area (Å²) in [6.45, 7) is 2.03. The van der Waals surface area contributed by atoms with Gasteiger partial charge in [0.1, 0.15) is 10.6 Å². The molecule has 0 spiro atoms. The lowest BCUT2D eigenvalue weighted by Crippen LogP contribution is -2.41. The molecular formula is C15H21NO5S. The highest BCUT2D eigenvalue weighted by Gasteiger charge is 2.29. The molecule has 1 aromatic rings. The molecule has 1 aromatic carbocycles. The summed E-state index contributed by atoms with van der Waals surface area (Å²) in [6, 6.07) is 3.69. The maximum absolute atomic E-state index is 12.6. The van der Waals surface area contributed by atoms with Crippen molar-refractivity contribution in [3.8, 4) is 5.75 Å². The molecule has 2 rings (SSSR count). The minimum absolute atomic E-state index is 0.0853. The lowest BCUT2D eigenvalue weighted by atomic mass is 9.87. The number of carboxylic acids is 1. The van der Waals surface area contributed by atoms with Crippen molar-refractivity contribution in [2.75, 3.05) is 7.11 Å². The molecule has 7 heteroatoms. The number of hydrogen-bond acceptors (Lipinski definition) is 4. The Bertz CT molecular complexity index is 656. The molecule has 1 aliphatic rings. The van der Waals surface area contributed by atoms with Gasteiger partial charge in [-0.2, -0.15) is 0 Å². The number of nitrogens with one attached hydrogen (secondary N) is 1. The van der Waals surface area contributed by atoms with E-state index in [1.807, 2.05) is 6.92 Å². The Balaban J connectivity index is 2.35. The van der Waals surface area contributed by atoms with E-state index in [-0.39, 0.29) is 28.2 Å². The van der Waals surface area contributed by atoms with Crippen LogP contribution in [0.25, 0.3) is 0 Å². The van der Waals surface area contributed by atoms with Crippen molar-refractivity contribution in [3.63, 3.8) is 0 Å². The fraction of sp³-hybridized carbons (Fsp3) is 0.533. The minimum atomic E-state index is -3.83. The van der Waals surface area contributed by atoms with E-state index in [0.717, 1.165) is 31.7 Å². The summed E-state index contributed by atoms with van der Waals surface area (Å²) in [7, 11) is -2.47. The fourth-order valence-electron chi connectivity index (χ4n) is 2.77. The maximum atomic E-state index is 12.6. The lowest BCUT2D eigenvalue weighted by Gasteiger charge is -2.29. The van der Waals surface area contributed by atoms with Gasteiger partial charge in [-0.15, -0.1) is 0 Å². The van der Waals surface area contributed by atoms with E-state index in [0.29, 0.717) is 0 Å². The molecule has 0 unspecified atom stereocenters. The van der Waals surface area contributed by atoms with Gasteiger partial charge in [-0.3, -0.25) is 0 Å². The Morgan fingerprint density at radius 3 is 2.59 bits per heavy atom. The molecular weight excluding hydrogens is 306 g/mol. The molecule has 0 aliphatic heterocycles. The molecule has 0 saturated heterocycles. The highest BCUT2D eigenvalue weighted by molar-refractivity contribution is 7.89. The first kappa shape index (κ1) is 16.8. The molecule has 0 heterocycles. The summed E-state index contributed by atoms with van der Waals surface area (Å²) < 4.78 is 33.0. The molecule has 1 aliphatic carbocycles. The molecule has 22 heavy (non-hydrogen) atoms. The molecule has 1 fully saturated rings. The van der Waals surface area contributed by atoms with Gasteiger partial charge in [0.2, 0.25) is 10.0 Å². The highest BCUT2D eigenvalue weighted by atomic mass is 32.2. The average molecular weight is 327 g/mol. The number of ether oxygens (including phenoxy) is 1. The van der Waals surface area contributed by atoms with E-state index in [2.05, 4.69) is 4.72 Å². The molecule has 2 atom stereocenters. The summed E-state index contributed by atoms with van der Waals surface area (Å²) in [5, 5.41) is 9.05. The van der Waals surface area contributed by atoms with E-state index in [9.17, 15) is 13.2 Å². The molecule has 6 nitrogen and oxygen atoms in total. The summed E-state index contributed by atoms with van der Waals surface area (Å²) in [6.07, 6.45) is 3.88. The summed E-state index contributed by atoms with van der Waals surface area (Å²) in [5.74, 6) is -0.775. The van der Waals surface area contributed by atoms with Crippen LogP contribution in [0.15, 0.2) is 23.1 Å². The first-order valence-corrected chi connectivity index (χ1v) is 8.77. The third-order valence-electron chi connectivity index (χ3n) is 4.12. The van der Waals surface area contributed by atoms with Crippen LogP contribution in [-0.2, 0) is 10.0 Å². The van der Waals surface area contributed by atoms with Gasteiger partial charge >= 0.3 is 5.97 Å². The second-order valence-corrected chi connectivity index (χ2v) is 7.34. The van der Waals surface area contributed by atoms with Crippen molar-refractivity contribution < 1.29 is 23.1 Å². The quantitative estimate of drug-likeness (QED) is 0.865. The standard InChI is InChI=1S/C15H21NO5S/c1-10-5-3-4-6-12(10)16-22(19,20)14-9-11(15(17)18)7-8-13(14)21-2/h7-10,12,16H,3-6H2,1-2H3,(H,17,18)/t10-,12-/m1/s1. The third-order valence-corrected chi connectivity index (χ3v) is 5.63. The van der Waals surface area contributed by atoms with Crippen molar-refractivity contribution in [1.82, 2.24) is 4.72 Å². The average Bonchev–Trinajstić information content (AvgIpc) is 2.48. The van der Waals surface area contributed by atoms with Crippen molar-refractivity contribution in [2.45, 2.75) is 43.5 Å². The topological polar surface area (TPSA) is 92.7 Å². The maximum Gasteiger partial charge on any atom is 0.335 e. The summed E-state index contributed by atoms with van der Waals surface area (Å²) in [4.78, 5) is 10.9. The number of rotatable bonds is 5. The number of sulfonamides is 1. The molecule has 0 amide bonds. The molecule has 0 aromatic heterocycles. The van der Waals surface area contributed by atoms with Crippen molar-refractivity contribution in [3.05, 3.63) is 23.8 Å². The van der Waals surface area contributed by atoms with Crippen molar-refractivity contribution >= 4 is 16.0 Å². The SMILES string of the molecule is COc1ccc(C(=O)O)cc1S(=O)(=O)N[C@@H]1CCCC[C@H]1C. The van der Waals surface area contributed by atoms with Crippen molar-refractivity contribution in [1.29, 1.82) is 0 Å². The van der Waals surface area contributed by atoms with Crippen molar-refractivity contribution in [2.24, 2.45) is 5.92 Å². The first-order chi connectivity index (χ1) is 10.3. The van der Waals surface area contributed by atoms with Crippen LogP contribution in [0.1, 0.15) is 43.0 Å². The van der Waals surface area contributed by atoms with Crippen LogP contribution in [0.5, 0.6) is 5.75 Å². The second-order valence-electron chi connectivity index (χ2n) is 5.66. The predicted molar refractivity (Wildman–Crippen MR) is 81.7 cm³/mol. The normalized spacial score (nSPS) is 22.3. The third kappa shape index (κ3) is 3.59. The van der Waals surface area contributed by atoms with E-state index in [1.165, 1.54) is 19.2 Å². The smallest absolute Gasteiger partial charge is 0.335 e. The highest BCUT2D eigenvalue weighted by Crippen LogP contribution is 2.29. The van der Waals surface area contributed by atoms with Gasteiger partial charge in [0, 0.05) is 6.04 Å². The Hall–Kier alpha value is -1.60. The van der Waals surface area contributed by atoms with Crippen LogP contribution >= 0.6 is 0 Å². The molecule has 0 bridgehead atoms. The number of aromatic carboxylic acids is 1. The zero-order valence-electron chi connectivity index (χ0n) is 12.7. The van der Waals surface area contributed by atoms with Gasteiger partial charge in [0.15, 0.2) is 0 Å². The number of carbonyl (C=O) groups is 1. The van der Waals surface area contributed by atoms with E-state index >= 15 is 0 Å². The molecule has 122 valence electrons. The van der Waals surface area contributed by atoms with Gasteiger partial charge in [-0.05, 0) is 37.0 Å². The summed E-state index contributed by atoms with van der Waals surface area (Å²) in [5.41, 5.74) is -0.0853. The lowest BCUT2D eigenvalue weighted by molar-refractivity contribution is 0.0696. The van der Waals surface area contributed by atoms with Crippen LogP contribution in [0.4, 0.5) is 0 Å². The van der Waals surface area contributed by atoms with Gasteiger partial charge < -0.3 is 9.84 Å². The minimum Gasteiger partial charge on any atom is -0.495 e. The fourth-order valence-corrected chi connectivity index (χ4v) is 4.35. The molecule has 1 saturated carbocycles. The van der Waals surface area contributed by atoms with Gasteiger partial charge in [0.25, 0.3) is 0 Å². The Morgan fingerprint density at radius 2 is 2.00 bits per heavy atom.